The molecule has 0 amide bonds. The van der Waals surface area contributed by atoms with Crippen molar-refractivity contribution in [2.24, 2.45) is 0 Å². The van der Waals surface area contributed by atoms with Gasteiger partial charge in [-0.1, -0.05) is 20.8 Å². The molecule has 1 unspecified atom stereocenters. The molecule has 1 aromatic rings. The lowest BCUT2D eigenvalue weighted by molar-refractivity contribution is 0.128. The Morgan fingerprint density at radius 2 is 1.79 bits per heavy atom. The molecule has 0 aliphatic rings. The Kier molecular flexibility index (Phi) is 5.11. The largest absolute Gasteiger partial charge is 0.380 e. The van der Waals surface area contributed by atoms with E-state index in [4.69, 9.17) is 4.74 Å². The highest BCUT2D eigenvalue weighted by Crippen LogP contribution is 2.25. The summed E-state index contributed by atoms with van der Waals surface area (Å²) in [4.78, 5) is 9.22. The van der Waals surface area contributed by atoms with E-state index in [-0.39, 0.29) is 11.5 Å². The van der Waals surface area contributed by atoms with Gasteiger partial charge in [0.05, 0.1) is 6.10 Å². The first-order valence-corrected chi connectivity index (χ1v) is 6.63. The highest BCUT2D eigenvalue weighted by molar-refractivity contribution is 5.57. The molecular weight excluding hydrogens is 240 g/mol. The summed E-state index contributed by atoms with van der Waals surface area (Å²) in [5.74, 6) is 2.57. The number of aromatic nitrogens is 2. The van der Waals surface area contributed by atoms with Crippen LogP contribution >= 0.6 is 0 Å². The van der Waals surface area contributed by atoms with Crippen molar-refractivity contribution < 1.29 is 4.74 Å². The van der Waals surface area contributed by atoms with Crippen LogP contribution < -0.4 is 10.6 Å². The van der Waals surface area contributed by atoms with Gasteiger partial charge in [0.1, 0.15) is 17.5 Å². The summed E-state index contributed by atoms with van der Waals surface area (Å²) in [5.41, 5.74) is 0.946. The Hall–Kier alpha value is -1.36. The monoisotopic (exact) mass is 266 g/mol. The summed E-state index contributed by atoms with van der Waals surface area (Å²) < 4.78 is 5.24. The number of nitrogens with one attached hydrogen (secondary N) is 2. The van der Waals surface area contributed by atoms with Gasteiger partial charge < -0.3 is 15.4 Å². The van der Waals surface area contributed by atoms with Crippen LogP contribution in [0.1, 0.15) is 39.1 Å². The van der Waals surface area contributed by atoms with Crippen molar-refractivity contribution in [1.29, 1.82) is 0 Å². The Bertz CT molecular complexity index is 426. The number of nitrogens with zero attached hydrogens (tertiary/aromatic N) is 2. The van der Waals surface area contributed by atoms with Gasteiger partial charge in [-0.25, -0.2) is 9.97 Å². The van der Waals surface area contributed by atoms with E-state index >= 15 is 0 Å². The van der Waals surface area contributed by atoms with Crippen LogP contribution in [0.15, 0.2) is 0 Å². The van der Waals surface area contributed by atoms with Gasteiger partial charge in [-0.3, -0.25) is 0 Å². The number of hydrogen-bond acceptors (Lipinski definition) is 5. The predicted octanol–water partition coefficient (Wildman–Crippen LogP) is 2.57. The van der Waals surface area contributed by atoms with Crippen LogP contribution in [0.4, 0.5) is 11.6 Å². The van der Waals surface area contributed by atoms with E-state index in [1.165, 1.54) is 0 Å². The third-order valence-electron chi connectivity index (χ3n) is 3.01. The second-order valence-electron chi connectivity index (χ2n) is 5.80. The number of methoxy groups -OCH3 is 1. The van der Waals surface area contributed by atoms with E-state index in [2.05, 4.69) is 41.4 Å². The molecule has 0 fully saturated rings. The molecule has 108 valence electrons. The predicted molar refractivity (Wildman–Crippen MR) is 80.0 cm³/mol. The highest BCUT2D eigenvalue weighted by atomic mass is 16.5. The molecule has 2 N–H and O–H groups in total. The average molecular weight is 266 g/mol. The molecule has 19 heavy (non-hydrogen) atoms. The fourth-order valence-electron chi connectivity index (χ4n) is 1.59. The van der Waals surface area contributed by atoms with Crippen LogP contribution in [-0.4, -0.2) is 36.8 Å². The maximum Gasteiger partial charge on any atom is 0.138 e. The van der Waals surface area contributed by atoms with E-state index < -0.39 is 0 Å². The fourth-order valence-corrected chi connectivity index (χ4v) is 1.59. The fraction of sp³-hybridized carbons (Fsp3) is 0.714. The van der Waals surface area contributed by atoms with E-state index in [1.54, 1.807) is 7.11 Å². The Morgan fingerprint density at radius 3 is 2.26 bits per heavy atom. The van der Waals surface area contributed by atoms with E-state index in [0.29, 0.717) is 0 Å². The number of anilines is 2. The van der Waals surface area contributed by atoms with Crippen molar-refractivity contribution in [2.75, 3.05) is 31.3 Å². The first kappa shape index (κ1) is 15.7. The molecule has 0 radical (unpaired) electrons. The number of rotatable bonds is 5. The molecule has 0 bridgehead atoms. The van der Waals surface area contributed by atoms with Crippen molar-refractivity contribution in [3.8, 4) is 0 Å². The average Bonchev–Trinajstić information content (AvgIpc) is 2.35. The van der Waals surface area contributed by atoms with Crippen molar-refractivity contribution >= 4 is 11.6 Å². The van der Waals surface area contributed by atoms with Crippen LogP contribution in [0.5, 0.6) is 0 Å². The minimum atomic E-state index is -0.0808. The van der Waals surface area contributed by atoms with Crippen LogP contribution in [0.2, 0.25) is 0 Å². The zero-order valence-corrected chi connectivity index (χ0v) is 13.1. The van der Waals surface area contributed by atoms with Gasteiger partial charge in [0.15, 0.2) is 0 Å². The first-order chi connectivity index (χ1) is 8.79. The molecule has 1 atom stereocenters. The van der Waals surface area contributed by atoms with Crippen LogP contribution in [0.3, 0.4) is 0 Å². The summed E-state index contributed by atoms with van der Waals surface area (Å²) in [7, 11) is 3.59. The summed E-state index contributed by atoms with van der Waals surface area (Å²) in [6.45, 7) is 11.1. The molecule has 0 saturated carbocycles. The van der Waals surface area contributed by atoms with Gasteiger partial charge in [-0.2, -0.15) is 0 Å². The second-order valence-corrected chi connectivity index (χ2v) is 5.80. The molecule has 5 heteroatoms. The van der Waals surface area contributed by atoms with E-state index in [0.717, 1.165) is 29.6 Å². The van der Waals surface area contributed by atoms with Gasteiger partial charge in [-0.15, -0.1) is 0 Å². The maximum absolute atomic E-state index is 5.24. The zero-order valence-electron chi connectivity index (χ0n) is 13.1. The molecule has 0 saturated heterocycles. The smallest absolute Gasteiger partial charge is 0.138 e. The lowest BCUT2D eigenvalue weighted by Crippen LogP contribution is -2.23. The van der Waals surface area contributed by atoms with Crippen LogP contribution in [-0.2, 0) is 10.2 Å². The quantitative estimate of drug-likeness (QED) is 0.858. The SMILES string of the molecule is CNc1nc(C(C)(C)C)nc(NCC(C)OC)c1C. The molecule has 5 nitrogen and oxygen atoms in total. The molecule has 0 aromatic carbocycles. The topological polar surface area (TPSA) is 59.1 Å². The summed E-state index contributed by atoms with van der Waals surface area (Å²) in [6.07, 6.45) is 0.144. The lowest BCUT2D eigenvalue weighted by atomic mass is 9.95. The van der Waals surface area contributed by atoms with Gasteiger partial charge >= 0.3 is 0 Å². The molecule has 1 heterocycles. The van der Waals surface area contributed by atoms with Crippen molar-refractivity contribution in [2.45, 2.75) is 46.1 Å². The molecular formula is C14H26N4O. The van der Waals surface area contributed by atoms with Crippen molar-refractivity contribution in [1.82, 2.24) is 9.97 Å². The molecule has 1 rings (SSSR count). The van der Waals surface area contributed by atoms with Gasteiger partial charge in [0.2, 0.25) is 0 Å². The van der Waals surface area contributed by atoms with Crippen LogP contribution in [0.25, 0.3) is 0 Å². The summed E-state index contributed by atoms with van der Waals surface area (Å²) in [6, 6.07) is 0. The maximum atomic E-state index is 5.24. The number of hydrogen-bond donors (Lipinski definition) is 2. The van der Waals surface area contributed by atoms with Gasteiger partial charge in [0.25, 0.3) is 0 Å². The van der Waals surface area contributed by atoms with E-state index in [9.17, 15) is 0 Å². The van der Waals surface area contributed by atoms with Crippen molar-refractivity contribution in [3.05, 3.63) is 11.4 Å². The Morgan fingerprint density at radius 1 is 1.21 bits per heavy atom. The normalized spacial score (nSPS) is 13.2. The number of ether oxygens (including phenoxy) is 1. The van der Waals surface area contributed by atoms with Crippen molar-refractivity contribution in [3.63, 3.8) is 0 Å². The Balaban J connectivity index is 3.08. The minimum absolute atomic E-state index is 0.0808. The molecule has 1 aromatic heterocycles. The lowest BCUT2D eigenvalue weighted by Gasteiger charge is -2.21. The van der Waals surface area contributed by atoms with Gasteiger partial charge in [-0.05, 0) is 13.8 Å². The molecule has 0 spiro atoms. The summed E-state index contributed by atoms with van der Waals surface area (Å²) >= 11 is 0. The summed E-state index contributed by atoms with van der Waals surface area (Å²) in [5, 5.41) is 6.46. The highest BCUT2D eigenvalue weighted by Gasteiger charge is 2.20. The molecule has 0 aliphatic carbocycles. The minimum Gasteiger partial charge on any atom is -0.380 e. The third kappa shape index (κ3) is 4.06. The zero-order chi connectivity index (χ0) is 14.6. The third-order valence-corrected chi connectivity index (χ3v) is 3.01. The van der Waals surface area contributed by atoms with Crippen LogP contribution in [0, 0.1) is 6.92 Å². The van der Waals surface area contributed by atoms with Gasteiger partial charge in [0, 0.05) is 31.7 Å². The standard InChI is InChI=1S/C14H26N4O/c1-9(19-7)8-16-12-10(2)11(15-6)17-13(18-12)14(3,4)5/h9H,8H2,1-7H3,(H2,15,16,17,18). The second kappa shape index (κ2) is 6.19. The first-order valence-electron chi connectivity index (χ1n) is 6.63. The molecule has 0 aliphatic heterocycles. The Labute approximate surface area is 116 Å². The van der Waals surface area contributed by atoms with E-state index in [1.807, 2.05) is 20.9 Å².